The fraction of sp³-hybridized carbons (Fsp3) is 0.0625. The lowest BCUT2D eigenvalue weighted by Gasteiger charge is -2.06. The van der Waals surface area contributed by atoms with Gasteiger partial charge in [0, 0.05) is 10.6 Å². The number of nitrogens with zero attached hydrogens (tertiary/aromatic N) is 1. The van der Waals surface area contributed by atoms with Crippen molar-refractivity contribution in [1.29, 1.82) is 0 Å². The van der Waals surface area contributed by atoms with Gasteiger partial charge in [-0.05, 0) is 30.3 Å². The molecular formula is C16H12ClN3O2S2. The number of hydrogen-bond acceptors (Lipinski definition) is 5. The van der Waals surface area contributed by atoms with Crippen LogP contribution in [0.4, 0.5) is 0 Å². The van der Waals surface area contributed by atoms with Crippen LogP contribution in [0.2, 0.25) is 5.02 Å². The fourth-order valence-electron chi connectivity index (χ4n) is 1.89. The molecule has 0 unspecified atom stereocenters. The van der Waals surface area contributed by atoms with Crippen LogP contribution < -0.4 is 10.9 Å². The van der Waals surface area contributed by atoms with Crippen molar-refractivity contribution < 1.29 is 9.59 Å². The number of halogens is 1. The van der Waals surface area contributed by atoms with E-state index in [4.69, 9.17) is 11.6 Å². The van der Waals surface area contributed by atoms with E-state index in [-0.39, 0.29) is 17.6 Å². The number of benzene rings is 2. The number of nitrogens with one attached hydrogen (secondary N) is 2. The van der Waals surface area contributed by atoms with Crippen LogP contribution in [0.5, 0.6) is 0 Å². The maximum absolute atomic E-state index is 11.8. The number of carbonyl (C=O) groups excluding carboxylic acids is 2. The van der Waals surface area contributed by atoms with Gasteiger partial charge in [0.1, 0.15) is 0 Å². The summed E-state index contributed by atoms with van der Waals surface area (Å²) in [7, 11) is 0. The van der Waals surface area contributed by atoms with Crippen molar-refractivity contribution in [3.63, 3.8) is 0 Å². The topological polar surface area (TPSA) is 71.1 Å². The molecule has 0 spiro atoms. The smallest absolute Gasteiger partial charge is 0.269 e. The van der Waals surface area contributed by atoms with Gasteiger partial charge >= 0.3 is 0 Å². The first-order chi connectivity index (χ1) is 11.6. The Kier molecular flexibility index (Phi) is 5.34. The Balaban J connectivity index is 1.50. The maximum Gasteiger partial charge on any atom is 0.269 e. The fourth-order valence-corrected chi connectivity index (χ4v) is 3.91. The zero-order valence-electron chi connectivity index (χ0n) is 12.3. The van der Waals surface area contributed by atoms with Crippen LogP contribution in [0.3, 0.4) is 0 Å². The number of aromatic nitrogens is 1. The van der Waals surface area contributed by atoms with Crippen molar-refractivity contribution in [3.05, 3.63) is 59.1 Å². The van der Waals surface area contributed by atoms with E-state index >= 15 is 0 Å². The summed E-state index contributed by atoms with van der Waals surface area (Å²) < 4.78 is 1.79. The summed E-state index contributed by atoms with van der Waals surface area (Å²) in [6.07, 6.45) is 0. The first-order valence-electron chi connectivity index (χ1n) is 6.95. The van der Waals surface area contributed by atoms with Crippen molar-refractivity contribution in [2.45, 2.75) is 4.34 Å². The van der Waals surface area contributed by atoms with Crippen molar-refractivity contribution in [2.24, 2.45) is 0 Å². The van der Waals surface area contributed by atoms with Gasteiger partial charge in [-0.3, -0.25) is 20.4 Å². The summed E-state index contributed by atoms with van der Waals surface area (Å²) in [4.78, 5) is 28.1. The second-order valence-electron chi connectivity index (χ2n) is 4.75. The Bertz CT molecular complexity index is 883. The number of hydrazine groups is 1. The van der Waals surface area contributed by atoms with E-state index in [1.807, 2.05) is 18.2 Å². The maximum atomic E-state index is 11.8. The lowest BCUT2D eigenvalue weighted by atomic mass is 10.2. The van der Waals surface area contributed by atoms with Gasteiger partial charge in [-0.1, -0.05) is 41.6 Å². The molecule has 0 fully saturated rings. The minimum absolute atomic E-state index is 0.155. The van der Waals surface area contributed by atoms with Gasteiger partial charge < -0.3 is 0 Å². The zero-order chi connectivity index (χ0) is 16.9. The van der Waals surface area contributed by atoms with Crippen LogP contribution in [-0.4, -0.2) is 22.6 Å². The number of amides is 2. The SMILES string of the molecule is O=C(CSc1nc2cc(Cl)ccc2s1)NNC(=O)c1ccccc1. The highest BCUT2D eigenvalue weighted by molar-refractivity contribution is 8.01. The third-order valence-electron chi connectivity index (χ3n) is 3.01. The van der Waals surface area contributed by atoms with Crippen LogP contribution >= 0.6 is 34.7 Å². The van der Waals surface area contributed by atoms with Gasteiger partial charge in [-0.15, -0.1) is 11.3 Å². The molecule has 0 atom stereocenters. The largest absolute Gasteiger partial charge is 0.272 e. The summed E-state index contributed by atoms with van der Waals surface area (Å²) in [6, 6.07) is 14.2. The van der Waals surface area contributed by atoms with Gasteiger partial charge in [0.2, 0.25) is 5.91 Å². The van der Waals surface area contributed by atoms with Crippen LogP contribution in [0.15, 0.2) is 52.9 Å². The average molecular weight is 378 g/mol. The zero-order valence-corrected chi connectivity index (χ0v) is 14.7. The third-order valence-corrected chi connectivity index (χ3v) is 5.42. The number of fused-ring (bicyclic) bond motifs is 1. The monoisotopic (exact) mass is 377 g/mol. The number of rotatable bonds is 4. The molecule has 3 aromatic rings. The van der Waals surface area contributed by atoms with Crippen molar-refractivity contribution >= 4 is 56.7 Å². The lowest BCUT2D eigenvalue weighted by molar-refractivity contribution is -0.119. The summed E-state index contributed by atoms with van der Waals surface area (Å²) in [6.45, 7) is 0. The first-order valence-corrected chi connectivity index (χ1v) is 9.13. The second-order valence-corrected chi connectivity index (χ2v) is 7.44. The molecule has 24 heavy (non-hydrogen) atoms. The highest BCUT2D eigenvalue weighted by Crippen LogP contribution is 2.30. The standard InChI is InChI=1S/C16H12ClN3O2S2/c17-11-6-7-13-12(8-11)18-16(24-13)23-9-14(21)19-20-15(22)10-4-2-1-3-5-10/h1-8H,9H2,(H,19,21)(H,20,22). The molecule has 0 saturated carbocycles. The second kappa shape index (κ2) is 7.65. The van der Waals surface area contributed by atoms with Crippen LogP contribution in [0.1, 0.15) is 10.4 Å². The van der Waals surface area contributed by atoms with Gasteiger partial charge in [0.15, 0.2) is 4.34 Å². The van der Waals surface area contributed by atoms with E-state index in [0.717, 1.165) is 14.6 Å². The molecule has 0 aliphatic heterocycles. The predicted octanol–water partition coefficient (Wildman–Crippen LogP) is 3.50. The highest BCUT2D eigenvalue weighted by atomic mass is 35.5. The molecule has 1 aromatic heterocycles. The molecule has 2 aromatic carbocycles. The quantitative estimate of drug-likeness (QED) is 0.539. The Hall–Kier alpha value is -2.09. The molecule has 1 heterocycles. The first kappa shape index (κ1) is 16.8. The third kappa shape index (κ3) is 4.25. The van der Waals surface area contributed by atoms with E-state index in [0.29, 0.717) is 10.6 Å². The molecule has 5 nitrogen and oxygen atoms in total. The minimum Gasteiger partial charge on any atom is -0.272 e. The molecule has 0 aliphatic carbocycles. The molecular weight excluding hydrogens is 366 g/mol. The lowest BCUT2D eigenvalue weighted by Crippen LogP contribution is -2.42. The van der Waals surface area contributed by atoms with Crippen LogP contribution in [-0.2, 0) is 4.79 Å². The summed E-state index contributed by atoms with van der Waals surface area (Å²) in [5.74, 6) is -0.507. The van der Waals surface area contributed by atoms with Gasteiger partial charge in [-0.2, -0.15) is 0 Å². The number of carbonyl (C=O) groups is 2. The Morgan fingerprint density at radius 3 is 2.71 bits per heavy atom. The molecule has 0 radical (unpaired) electrons. The Morgan fingerprint density at radius 2 is 1.92 bits per heavy atom. The Morgan fingerprint density at radius 1 is 1.12 bits per heavy atom. The van der Waals surface area contributed by atoms with E-state index in [1.54, 1.807) is 30.3 Å². The normalized spacial score (nSPS) is 10.5. The number of thioether (sulfide) groups is 1. The Labute approximate surface area is 151 Å². The summed E-state index contributed by atoms with van der Waals surface area (Å²) in [5.41, 5.74) is 6.07. The number of thiazole rings is 1. The van der Waals surface area contributed by atoms with Crippen molar-refractivity contribution in [2.75, 3.05) is 5.75 Å². The molecule has 0 aliphatic rings. The van der Waals surface area contributed by atoms with Gasteiger partial charge in [0.05, 0.1) is 16.0 Å². The molecule has 0 saturated heterocycles. The molecule has 122 valence electrons. The average Bonchev–Trinajstić information content (AvgIpc) is 3.00. The summed E-state index contributed by atoms with van der Waals surface area (Å²) >= 11 is 8.73. The predicted molar refractivity (Wildman–Crippen MR) is 97.4 cm³/mol. The van der Waals surface area contributed by atoms with E-state index in [9.17, 15) is 9.59 Å². The molecule has 8 heteroatoms. The number of hydrogen-bond donors (Lipinski definition) is 2. The van der Waals surface area contributed by atoms with Crippen LogP contribution in [0, 0.1) is 0 Å². The van der Waals surface area contributed by atoms with E-state index < -0.39 is 0 Å². The van der Waals surface area contributed by atoms with E-state index in [1.165, 1.54) is 23.1 Å². The minimum atomic E-state index is -0.358. The molecule has 2 N–H and O–H groups in total. The molecule has 2 amide bonds. The van der Waals surface area contributed by atoms with E-state index in [2.05, 4.69) is 15.8 Å². The van der Waals surface area contributed by atoms with Crippen molar-refractivity contribution in [1.82, 2.24) is 15.8 Å². The molecule has 0 bridgehead atoms. The van der Waals surface area contributed by atoms with Gasteiger partial charge in [0.25, 0.3) is 5.91 Å². The van der Waals surface area contributed by atoms with Gasteiger partial charge in [-0.25, -0.2) is 4.98 Å². The summed E-state index contributed by atoms with van der Waals surface area (Å²) in [5, 5.41) is 0.630. The highest BCUT2D eigenvalue weighted by Gasteiger charge is 2.10. The van der Waals surface area contributed by atoms with Crippen LogP contribution in [0.25, 0.3) is 10.2 Å². The molecule has 3 rings (SSSR count). The van der Waals surface area contributed by atoms with Crippen molar-refractivity contribution in [3.8, 4) is 0 Å².